The van der Waals surface area contributed by atoms with Crippen LogP contribution in [0.15, 0.2) is 24.3 Å². The number of rotatable bonds is 5. The second kappa shape index (κ2) is 6.13. The third-order valence-electron chi connectivity index (χ3n) is 3.06. The molecular formula is C15H17FN2O2S. The summed E-state index contributed by atoms with van der Waals surface area (Å²) in [4.78, 5) is 13.9. The summed E-state index contributed by atoms with van der Waals surface area (Å²) >= 11 is 1.28. The van der Waals surface area contributed by atoms with Gasteiger partial charge in [0.2, 0.25) is 0 Å². The summed E-state index contributed by atoms with van der Waals surface area (Å²) in [6, 6.07) is 6.39. The normalized spacial score (nSPS) is 10.5. The molecule has 6 heteroatoms. The number of benzene rings is 1. The summed E-state index contributed by atoms with van der Waals surface area (Å²) in [6.45, 7) is 1.96. The van der Waals surface area contributed by atoms with E-state index >= 15 is 0 Å². The fourth-order valence-electron chi connectivity index (χ4n) is 2.11. The number of hydrogen-bond acceptors (Lipinski definition) is 5. The third kappa shape index (κ3) is 3.16. The van der Waals surface area contributed by atoms with Gasteiger partial charge in [-0.1, -0.05) is 12.1 Å². The molecule has 0 aliphatic rings. The number of carbonyl (C=O) groups is 1. The Morgan fingerprint density at radius 2 is 2.19 bits per heavy atom. The van der Waals surface area contributed by atoms with E-state index in [2.05, 4.69) is 0 Å². The van der Waals surface area contributed by atoms with Crippen LogP contribution in [0.2, 0.25) is 0 Å². The molecule has 0 spiro atoms. The average molecular weight is 308 g/mol. The fraction of sp³-hybridized carbons (Fsp3) is 0.267. The third-order valence-corrected chi connectivity index (χ3v) is 4.46. The number of hydrogen-bond donors (Lipinski definition) is 1. The van der Waals surface area contributed by atoms with Crippen molar-refractivity contribution in [1.29, 1.82) is 0 Å². The average Bonchev–Trinajstić information content (AvgIpc) is 2.75. The predicted octanol–water partition coefficient (Wildman–Crippen LogP) is 3.32. The van der Waals surface area contributed by atoms with E-state index in [1.54, 1.807) is 6.07 Å². The molecule has 0 atom stereocenters. The highest BCUT2D eigenvalue weighted by atomic mass is 32.1. The van der Waals surface area contributed by atoms with Gasteiger partial charge in [0.05, 0.1) is 17.7 Å². The van der Waals surface area contributed by atoms with Crippen LogP contribution in [0.1, 0.15) is 22.2 Å². The van der Waals surface area contributed by atoms with Crippen LogP contribution in [0, 0.1) is 5.82 Å². The maximum atomic E-state index is 13.2. The Morgan fingerprint density at radius 1 is 1.48 bits per heavy atom. The first-order valence-electron chi connectivity index (χ1n) is 6.36. The smallest absolute Gasteiger partial charge is 0.177 e. The molecule has 0 fully saturated rings. The first-order chi connectivity index (χ1) is 9.93. The van der Waals surface area contributed by atoms with Crippen LogP contribution >= 0.6 is 11.3 Å². The topological polar surface area (TPSA) is 55.6 Å². The number of carbonyl (C=O) groups excluding carboxylic acids is 1. The number of thiophene rings is 1. The van der Waals surface area contributed by atoms with Gasteiger partial charge in [0, 0.05) is 20.5 Å². The minimum Gasteiger partial charge on any atom is -0.492 e. The first-order valence-corrected chi connectivity index (χ1v) is 7.18. The molecule has 112 valence electrons. The zero-order chi connectivity index (χ0) is 15.6. The van der Waals surface area contributed by atoms with E-state index < -0.39 is 0 Å². The number of halogens is 1. The zero-order valence-electron chi connectivity index (χ0n) is 12.1. The molecule has 0 saturated carbocycles. The molecule has 0 bridgehead atoms. The van der Waals surface area contributed by atoms with E-state index in [0.717, 1.165) is 10.6 Å². The SMILES string of the molecule is COc1c(N(C)Cc2cccc(F)c2)sc(C(C)=O)c1N. The van der Waals surface area contributed by atoms with Gasteiger partial charge in [-0.25, -0.2) is 4.39 Å². The fourth-order valence-corrected chi connectivity index (χ4v) is 3.15. The van der Waals surface area contributed by atoms with Crippen molar-refractivity contribution in [3.05, 3.63) is 40.5 Å². The molecule has 1 heterocycles. The highest BCUT2D eigenvalue weighted by Crippen LogP contribution is 2.44. The van der Waals surface area contributed by atoms with E-state index in [-0.39, 0.29) is 11.6 Å². The molecule has 0 aliphatic heterocycles. The molecule has 0 amide bonds. The van der Waals surface area contributed by atoms with Crippen molar-refractivity contribution in [2.75, 3.05) is 24.8 Å². The van der Waals surface area contributed by atoms with Crippen molar-refractivity contribution in [2.45, 2.75) is 13.5 Å². The van der Waals surface area contributed by atoms with E-state index in [9.17, 15) is 9.18 Å². The first kappa shape index (κ1) is 15.3. The summed E-state index contributed by atoms with van der Waals surface area (Å²) in [7, 11) is 3.37. The standard InChI is InChI=1S/C15H17FN2O2S/c1-9(19)14-12(17)13(20-3)15(21-14)18(2)8-10-5-4-6-11(16)7-10/h4-7H,8,17H2,1-3H3. The zero-order valence-corrected chi connectivity index (χ0v) is 13.0. The molecule has 4 nitrogen and oxygen atoms in total. The molecule has 1 aromatic carbocycles. The van der Waals surface area contributed by atoms with Crippen molar-refractivity contribution < 1.29 is 13.9 Å². The van der Waals surface area contributed by atoms with Crippen molar-refractivity contribution in [3.63, 3.8) is 0 Å². The highest BCUT2D eigenvalue weighted by Gasteiger charge is 2.22. The minimum atomic E-state index is -0.275. The van der Waals surface area contributed by atoms with Gasteiger partial charge >= 0.3 is 0 Å². The van der Waals surface area contributed by atoms with Crippen molar-refractivity contribution in [2.24, 2.45) is 0 Å². The van der Waals surface area contributed by atoms with E-state index in [4.69, 9.17) is 10.5 Å². The van der Waals surface area contributed by atoms with Crippen LogP contribution in [0.5, 0.6) is 5.75 Å². The van der Waals surface area contributed by atoms with Crippen molar-refractivity contribution in [1.82, 2.24) is 0 Å². The van der Waals surface area contributed by atoms with Crippen LogP contribution < -0.4 is 15.4 Å². The van der Waals surface area contributed by atoms with Gasteiger partial charge in [0.15, 0.2) is 11.5 Å². The largest absolute Gasteiger partial charge is 0.492 e. The van der Waals surface area contributed by atoms with Crippen molar-refractivity contribution in [3.8, 4) is 5.75 Å². The molecule has 0 aliphatic carbocycles. The highest BCUT2D eigenvalue weighted by molar-refractivity contribution is 7.19. The molecule has 0 unspecified atom stereocenters. The van der Waals surface area contributed by atoms with Gasteiger partial charge in [-0.3, -0.25) is 4.79 Å². The molecule has 0 radical (unpaired) electrons. The number of nitrogen functional groups attached to an aromatic ring is 1. The maximum absolute atomic E-state index is 13.2. The Balaban J connectivity index is 2.32. The Bertz CT molecular complexity index is 670. The Hall–Kier alpha value is -2.08. The van der Waals surface area contributed by atoms with Gasteiger partial charge in [0.1, 0.15) is 10.8 Å². The molecule has 1 aromatic heterocycles. The van der Waals surface area contributed by atoms with Gasteiger partial charge in [-0.05, 0) is 17.7 Å². The van der Waals surface area contributed by atoms with Crippen molar-refractivity contribution >= 4 is 27.8 Å². The number of ketones is 1. The van der Waals surface area contributed by atoms with Crippen LogP contribution in [-0.4, -0.2) is 19.9 Å². The number of ether oxygens (including phenoxy) is 1. The number of Topliss-reactive ketones (excluding diaryl/α,β-unsaturated/α-hetero) is 1. The molecule has 2 N–H and O–H groups in total. The Kier molecular flexibility index (Phi) is 4.47. The van der Waals surface area contributed by atoms with Crippen LogP contribution in [0.25, 0.3) is 0 Å². The lowest BCUT2D eigenvalue weighted by atomic mass is 10.2. The van der Waals surface area contributed by atoms with Gasteiger partial charge < -0.3 is 15.4 Å². The van der Waals surface area contributed by atoms with Crippen LogP contribution in [0.3, 0.4) is 0 Å². The summed E-state index contributed by atoms with van der Waals surface area (Å²) in [5, 5.41) is 0.754. The summed E-state index contributed by atoms with van der Waals surface area (Å²) in [5.41, 5.74) is 7.14. The number of methoxy groups -OCH3 is 1. The monoisotopic (exact) mass is 308 g/mol. The molecule has 2 rings (SSSR count). The van der Waals surface area contributed by atoms with E-state index in [1.165, 1.54) is 37.5 Å². The number of anilines is 2. The van der Waals surface area contributed by atoms with Gasteiger partial charge in [-0.2, -0.15) is 0 Å². The van der Waals surface area contributed by atoms with Crippen LogP contribution in [0.4, 0.5) is 15.1 Å². The Morgan fingerprint density at radius 3 is 2.76 bits per heavy atom. The minimum absolute atomic E-state index is 0.0961. The summed E-state index contributed by atoms with van der Waals surface area (Å²) in [6.07, 6.45) is 0. The van der Waals surface area contributed by atoms with E-state index in [1.807, 2.05) is 18.0 Å². The van der Waals surface area contributed by atoms with Gasteiger partial charge in [-0.15, -0.1) is 11.3 Å². The molecular weight excluding hydrogens is 291 g/mol. The van der Waals surface area contributed by atoms with E-state index in [0.29, 0.717) is 22.9 Å². The lowest BCUT2D eigenvalue weighted by Crippen LogP contribution is -2.16. The van der Waals surface area contributed by atoms with Gasteiger partial charge in [0.25, 0.3) is 0 Å². The second-order valence-electron chi connectivity index (χ2n) is 4.73. The predicted molar refractivity (Wildman–Crippen MR) is 83.8 cm³/mol. The number of nitrogens with zero attached hydrogens (tertiary/aromatic N) is 1. The van der Waals surface area contributed by atoms with Crippen LogP contribution in [-0.2, 0) is 6.54 Å². The molecule has 0 saturated heterocycles. The summed E-state index contributed by atoms with van der Waals surface area (Å²) < 4.78 is 18.5. The lowest BCUT2D eigenvalue weighted by molar-refractivity contribution is 0.102. The number of nitrogens with two attached hydrogens (primary N) is 1. The molecule has 21 heavy (non-hydrogen) atoms. The maximum Gasteiger partial charge on any atom is 0.177 e. The Labute approximate surface area is 126 Å². The second-order valence-corrected chi connectivity index (χ2v) is 5.72. The quantitative estimate of drug-likeness (QED) is 0.861. The summed E-state index contributed by atoms with van der Waals surface area (Å²) in [5.74, 6) is 0.119. The lowest BCUT2D eigenvalue weighted by Gasteiger charge is -2.18. The molecule has 2 aromatic rings.